The van der Waals surface area contributed by atoms with Crippen LogP contribution in [0.3, 0.4) is 0 Å². The Morgan fingerprint density at radius 2 is 1.85 bits per heavy atom. The van der Waals surface area contributed by atoms with Gasteiger partial charge in [-0.25, -0.2) is 0 Å². The zero-order valence-electron chi connectivity index (χ0n) is 18.2. The minimum atomic E-state index is -0.496. The Labute approximate surface area is 210 Å². The number of nitriles is 1. The maximum Gasteiger partial charge on any atom is 0.266 e. The predicted octanol–water partition coefficient (Wildman–Crippen LogP) is 7.04. The minimum Gasteiger partial charge on any atom is -0.490 e. The highest BCUT2D eigenvalue weighted by molar-refractivity contribution is 9.10. The number of hydrogen-bond donors (Lipinski definition) is 1. The Balaban J connectivity index is 1.84. The normalized spacial score (nSPS) is 10.9. The molecule has 0 saturated heterocycles. The lowest BCUT2D eigenvalue weighted by Gasteiger charge is -2.15. The van der Waals surface area contributed by atoms with Crippen LogP contribution in [0.5, 0.6) is 11.5 Å². The number of halogens is 2. The van der Waals surface area contributed by atoms with Crippen molar-refractivity contribution in [3.05, 3.63) is 91.9 Å². The number of amides is 1. The van der Waals surface area contributed by atoms with Crippen LogP contribution in [-0.4, -0.2) is 12.5 Å². The van der Waals surface area contributed by atoms with Crippen molar-refractivity contribution in [2.45, 2.75) is 20.5 Å². The summed E-state index contributed by atoms with van der Waals surface area (Å²) in [7, 11) is 0. The van der Waals surface area contributed by atoms with Gasteiger partial charge in [-0.05, 0) is 77.3 Å². The average Bonchev–Trinajstić information content (AvgIpc) is 2.78. The molecule has 0 spiro atoms. The first-order valence-electron chi connectivity index (χ1n) is 10.2. The van der Waals surface area contributed by atoms with E-state index >= 15 is 0 Å². The molecule has 0 unspecified atom stereocenters. The second-order valence-electron chi connectivity index (χ2n) is 7.17. The summed E-state index contributed by atoms with van der Waals surface area (Å²) in [5, 5.41) is 12.3. The van der Waals surface area contributed by atoms with Crippen LogP contribution in [0.2, 0.25) is 0 Å². The SMILES string of the molecule is CCOc1cc(/C=C(/C#N)C(=O)Nc2cccc(Br)c2)cc(Br)c1OCc1ccc(C)cc1. The van der Waals surface area contributed by atoms with Crippen molar-refractivity contribution >= 4 is 49.5 Å². The number of benzene rings is 3. The Bertz CT molecular complexity index is 1220. The Kier molecular flexibility index (Phi) is 8.70. The lowest BCUT2D eigenvalue weighted by molar-refractivity contribution is -0.112. The molecule has 0 saturated carbocycles. The second kappa shape index (κ2) is 11.7. The van der Waals surface area contributed by atoms with Crippen molar-refractivity contribution in [3.63, 3.8) is 0 Å². The molecule has 1 N–H and O–H groups in total. The van der Waals surface area contributed by atoms with Crippen LogP contribution in [0.1, 0.15) is 23.6 Å². The number of hydrogen-bond acceptors (Lipinski definition) is 4. The number of nitrogens with one attached hydrogen (secondary N) is 1. The third kappa shape index (κ3) is 6.95. The van der Waals surface area contributed by atoms with Crippen LogP contribution in [0.25, 0.3) is 6.08 Å². The molecule has 168 valence electrons. The van der Waals surface area contributed by atoms with E-state index in [4.69, 9.17) is 9.47 Å². The molecule has 0 bridgehead atoms. The number of aryl methyl sites for hydroxylation is 1. The quantitative estimate of drug-likeness (QED) is 0.233. The lowest BCUT2D eigenvalue weighted by atomic mass is 10.1. The second-order valence-corrected chi connectivity index (χ2v) is 8.94. The molecule has 3 aromatic rings. The summed E-state index contributed by atoms with van der Waals surface area (Å²) in [5.41, 5.74) is 3.41. The summed E-state index contributed by atoms with van der Waals surface area (Å²) in [6.07, 6.45) is 1.52. The Morgan fingerprint density at radius 1 is 1.09 bits per heavy atom. The highest BCUT2D eigenvalue weighted by atomic mass is 79.9. The number of carbonyl (C=O) groups excluding carboxylic acids is 1. The molecule has 0 heterocycles. The largest absolute Gasteiger partial charge is 0.490 e. The van der Waals surface area contributed by atoms with E-state index in [0.29, 0.717) is 40.4 Å². The van der Waals surface area contributed by atoms with Gasteiger partial charge in [0.15, 0.2) is 11.5 Å². The number of rotatable bonds is 8. The molecule has 0 aliphatic rings. The number of nitrogens with zero attached hydrogens (tertiary/aromatic N) is 1. The van der Waals surface area contributed by atoms with Crippen LogP contribution in [0.15, 0.2) is 75.2 Å². The number of anilines is 1. The van der Waals surface area contributed by atoms with Gasteiger partial charge in [-0.3, -0.25) is 4.79 Å². The molecule has 0 aliphatic heterocycles. The van der Waals surface area contributed by atoms with E-state index in [1.54, 1.807) is 30.3 Å². The standard InChI is InChI=1S/C26H22Br2N2O3/c1-3-32-24-13-19(11-20(15-29)26(31)30-22-6-4-5-21(27)14-22)12-23(28)25(24)33-16-18-9-7-17(2)8-10-18/h4-14H,3,16H2,1-2H3,(H,30,31)/b20-11-. The van der Waals surface area contributed by atoms with Crippen molar-refractivity contribution in [3.8, 4) is 17.6 Å². The summed E-state index contributed by atoms with van der Waals surface area (Å²) in [6, 6.07) is 20.8. The van der Waals surface area contributed by atoms with Gasteiger partial charge in [-0.15, -0.1) is 0 Å². The van der Waals surface area contributed by atoms with Crippen LogP contribution in [0.4, 0.5) is 5.69 Å². The first-order chi connectivity index (χ1) is 15.9. The van der Waals surface area contributed by atoms with E-state index in [-0.39, 0.29) is 5.57 Å². The third-order valence-electron chi connectivity index (χ3n) is 4.59. The molecule has 1 amide bonds. The molecule has 3 aromatic carbocycles. The zero-order valence-corrected chi connectivity index (χ0v) is 21.4. The summed E-state index contributed by atoms with van der Waals surface area (Å²) in [5.74, 6) is 0.589. The first kappa shape index (κ1) is 24.6. The van der Waals surface area contributed by atoms with E-state index < -0.39 is 5.91 Å². The van der Waals surface area contributed by atoms with Gasteiger partial charge in [0, 0.05) is 10.2 Å². The molecular weight excluding hydrogens is 548 g/mol. The van der Waals surface area contributed by atoms with E-state index in [1.165, 1.54) is 11.6 Å². The lowest BCUT2D eigenvalue weighted by Crippen LogP contribution is -2.13. The van der Waals surface area contributed by atoms with E-state index in [9.17, 15) is 10.1 Å². The summed E-state index contributed by atoms with van der Waals surface area (Å²) >= 11 is 6.91. The predicted molar refractivity (Wildman–Crippen MR) is 137 cm³/mol. The van der Waals surface area contributed by atoms with Gasteiger partial charge in [0.05, 0.1) is 11.1 Å². The van der Waals surface area contributed by atoms with Crippen LogP contribution >= 0.6 is 31.9 Å². The molecule has 0 atom stereocenters. The number of carbonyl (C=O) groups is 1. The van der Waals surface area contributed by atoms with Gasteiger partial charge in [0.25, 0.3) is 5.91 Å². The smallest absolute Gasteiger partial charge is 0.266 e. The molecule has 7 heteroatoms. The molecule has 5 nitrogen and oxygen atoms in total. The van der Waals surface area contributed by atoms with Crippen molar-refractivity contribution in [1.29, 1.82) is 5.26 Å². The topological polar surface area (TPSA) is 71.3 Å². The zero-order chi connectivity index (χ0) is 23.8. The van der Waals surface area contributed by atoms with Gasteiger partial charge in [-0.1, -0.05) is 51.8 Å². The van der Waals surface area contributed by atoms with Crippen molar-refractivity contribution in [2.24, 2.45) is 0 Å². The van der Waals surface area contributed by atoms with Gasteiger partial charge >= 0.3 is 0 Å². The molecule has 0 aromatic heterocycles. The molecule has 0 fully saturated rings. The monoisotopic (exact) mass is 568 g/mol. The van der Waals surface area contributed by atoms with Gasteiger partial charge in [0.1, 0.15) is 18.2 Å². The fourth-order valence-corrected chi connectivity index (χ4v) is 3.97. The average molecular weight is 570 g/mol. The highest BCUT2D eigenvalue weighted by Gasteiger charge is 2.15. The van der Waals surface area contributed by atoms with Crippen molar-refractivity contribution in [1.82, 2.24) is 0 Å². The molecule has 0 aliphatic carbocycles. The third-order valence-corrected chi connectivity index (χ3v) is 5.68. The molecule has 33 heavy (non-hydrogen) atoms. The van der Waals surface area contributed by atoms with Gasteiger partial charge < -0.3 is 14.8 Å². The summed E-state index contributed by atoms with van der Waals surface area (Å²) in [4.78, 5) is 12.6. The van der Waals surface area contributed by atoms with Crippen molar-refractivity contribution in [2.75, 3.05) is 11.9 Å². The Hall–Kier alpha value is -3.08. The van der Waals surface area contributed by atoms with E-state index in [1.807, 2.05) is 50.2 Å². The van der Waals surface area contributed by atoms with Gasteiger partial charge in [0.2, 0.25) is 0 Å². The summed E-state index contributed by atoms with van der Waals surface area (Å²) in [6.45, 7) is 4.74. The van der Waals surface area contributed by atoms with Crippen LogP contribution in [0, 0.1) is 18.3 Å². The maximum absolute atomic E-state index is 12.6. The van der Waals surface area contributed by atoms with Gasteiger partial charge in [-0.2, -0.15) is 5.26 Å². The van der Waals surface area contributed by atoms with E-state index in [0.717, 1.165) is 10.0 Å². The highest BCUT2D eigenvalue weighted by Crippen LogP contribution is 2.38. The van der Waals surface area contributed by atoms with E-state index in [2.05, 4.69) is 37.2 Å². The summed E-state index contributed by atoms with van der Waals surface area (Å²) < 4.78 is 13.3. The number of ether oxygens (including phenoxy) is 2. The maximum atomic E-state index is 12.6. The first-order valence-corrected chi connectivity index (χ1v) is 11.8. The fourth-order valence-electron chi connectivity index (χ4n) is 2.99. The van der Waals surface area contributed by atoms with Crippen LogP contribution in [-0.2, 0) is 11.4 Å². The van der Waals surface area contributed by atoms with Crippen molar-refractivity contribution < 1.29 is 14.3 Å². The Morgan fingerprint density at radius 3 is 2.52 bits per heavy atom. The molecule has 0 radical (unpaired) electrons. The molecular formula is C26H22Br2N2O3. The minimum absolute atomic E-state index is 0.0300. The molecule has 3 rings (SSSR count). The fraction of sp³-hybridized carbons (Fsp3) is 0.154. The van der Waals surface area contributed by atoms with Crippen LogP contribution < -0.4 is 14.8 Å².